The van der Waals surface area contributed by atoms with Crippen LogP contribution in [0.2, 0.25) is 0 Å². The van der Waals surface area contributed by atoms with Crippen LogP contribution in [0.15, 0.2) is 70.2 Å². The quantitative estimate of drug-likeness (QED) is 0.745. The number of halogens is 1. The van der Waals surface area contributed by atoms with E-state index in [0.29, 0.717) is 24.3 Å². The molecule has 0 fully saturated rings. The molecule has 6 nitrogen and oxygen atoms in total. The number of nitrogens with one attached hydrogen (secondary N) is 1. The van der Waals surface area contributed by atoms with Gasteiger partial charge >= 0.3 is 0 Å². The Balaban J connectivity index is 1.58. The largest absolute Gasteiger partial charge is 0.459 e. The fourth-order valence-corrected chi connectivity index (χ4v) is 4.14. The van der Waals surface area contributed by atoms with Gasteiger partial charge < -0.3 is 9.32 Å². The van der Waals surface area contributed by atoms with Crippen LogP contribution in [0.5, 0.6) is 0 Å². The minimum absolute atomic E-state index is 0.155. The molecule has 0 bridgehead atoms. The lowest BCUT2D eigenvalue weighted by Gasteiger charge is -2.16. The third-order valence-electron chi connectivity index (χ3n) is 4.31. The van der Waals surface area contributed by atoms with Crippen LogP contribution in [-0.4, -0.2) is 20.9 Å². The Morgan fingerprint density at radius 3 is 2.70 bits per heavy atom. The van der Waals surface area contributed by atoms with Crippen LogP contribution in [-0.2, 0) is 16.4 Å². The highest BCUT2D eigenvalue weighted by molar-refractivity contribution is 7.92. The van der Waals surface area contributed by atoms with Crippen molar-refractivity contribution in [2.75, 3.05) is 16.2 Å². The SMILES string of the molecule is O=C(c1ccco1)N1CCc2cc(NS(=O)(=O)c3cccc(F)c3)ccc21. The molecule has 0 saturated carbocycles. The molecule has 0 radical (unpaired) electrons. The number of rotatable bonds is 4. The highest BCUT2D eigenvalue weighted by Gasteiger charge is 2.27. The van der Waals surface area contributed by atoms with Gasteiger partial charge in [0.25, 0.3) is 15.9 Å². The van der Waals surface area contributed by atoms with E-state index in [4.69, 9.17) is 4.42 Å². The van der Waals surface area contributed by atoms with E-state index in [-0.39, 0.29) is 16.6 Å². The summed E-state index contributed by atoms with van der Waals surface area (Å²) in [6.07, 6.45) is 2.03. The Kier molecular flexibility index (Phi) is 4.19. The summed E-state index contributed by atoms with van der Waals surface area (Å²) in [7, 11) is -3.90. The number of benzene rings is 2. The number of hydrogen-bond donors (Lipinski definition) is 1. The van der Waals surface area contributed by atoms with Crippen molar-refractivity contribution in [3.63, 3.8) is 0 Å². The van der Waals surface area contributed by atoms with Crippen molar-refractivity contribution in [3.05, 3.63) is 78.0 Å². The molecule has 1 N–H and O–H groups in total. The molecule has 0 spiro atoms. The van der Waals surface area contributed by atoms with E-state index in [1.807, 2.05) is 0 Å². The zero-order chi connectivity index (χ0) is 19.0. The summed E-state index contributed by atoms with van der Waals surface area (Å²) in [5.41, 5.74) is 1.91. The predicted molar refractivity (Wildman–Crippen MR) is 97.7 cm³/mol. The summed E-state index contributed by atoms with van der Waals surface area (Å²) in [5.74, 6) is -0.621. The highest BCUT2D eigenvalue weighted by atomic mass is 32.2. The molecule has 8 heteroatoms. The van der Waals surface area contributed by atoms with E-state index < -0.39 is 15.8 Å². The van der Waals surface area contributed by atoms with E-state index in [1.165, 1.54) is 24.5 Å². The van der Waals surface area contributed by atoms with Gasteiger partial charge in [0.1, 0.15) is 5.82 Å². The van der Waals surface area contributed by atoms with Gasteiger partial charge in [0.2, 0.25) is 0 Å². The van der Waals surface area contributed by atoms with Gasteiger partial charge in [0, 0.05) is 17.9 Å². The van der Waals surface area contributed by atoms with E-state index in [9.17, 15) is 17.6 Å². The van der Waals surface area contributed by atoms with Gasteiger partial charge in [0.05, 0.1) is 11.2 Å². The molecule has 0 atom stereocenters. The molecule has 0 aliphatic carbocycles. The molecule has 27 heavy (non-hydrogen) atoms. The van der Waals surface area contributed by atoms with Crippen LogP contribution in [0, 0.1) is 5.82 Å². The van der Waals surface area contributed by atoms with Crippen molar-refractivity contribution in [1.29, 1.82) is 0 Å². The topological polar surface area (TPSA) is 79.6 Å². The zero-order valence-electron chi connectivity index (χ0n) is 14.1. The van der Waals surface area contributed by atoms with Crippen molar-refractivity contribution in [2.45, 2.75) is 11.3 Å². The van der Waals surface area contributed by atoms with Crippen LogP contribution in [0.1, 0.15) is 16.1 Å². The number of hydrogen-bond acceptors (Lipinski definition) is 4. The molecule has 1 aliphatic rings. The van der Waals surface area contributed by atoms with Gasteiger partial charge in [0.15, 0.2) is 5.76 Å². The summed E-state index contributed by atoms with van der Waals surface area (Å²) in [6, 6.07) is 13.0. The Hall–Kier alpha value is -3.13. The minimum Gasteiger partial charge on any atom is -0.459 e. The maximum atomic E-state index is 13.3. The monoisotopic (exact) mass is 386 g/mol. The number of carbonyl (C=O) groups excluding carboxylic acids is 1. The molecule has 0 unspecified atom stereocenters. The van der Waals surface area contributed by atoms with Crippen molar-refractivity contribution in [3.8, 4) is 0 Å². The number of fused-ring (bicyclic) bond motifs is 1. The van der Waals surface area contributed by atoms with Gasteiger partial charge in [-0.2, -0.15) is 0 Å². The van der Waals surface area contributed by atoms with Gasteiger partial charge in [-0.1, -0.05) is 6.07 Å². The number of nitrogens with zero attached hydrogens (tertiary/aromatic N) is 1. The van der Waals surface area contributed by atoms with Gasteiger partial charge in [-0.3, -0.25) is 9.52 Å². The van der Waals surface area contributed by atoms with Gasteiger partial charge in [-0.25, -0.2) is 12.8 Å². The predicted octanol–water partition coefficient (Wildman–Crippen LogP) is 3.42. The molecule has 4 rings (SSSR count). The fourth-order valence-electron chi connectivity index (χ4n) is 3.06. The van der Waals surface area contributed by atoms with Crippen molar-refractivity contribution in [1.82, 2.24) is 0 Å². The van der Waals surface area contributed by atoms with Crippen LogP contribution >= 0.6 is 0 Å². The highest BCUT2D eigenvalue weighted by Crippen LogP contribution is 2.32. The number of anilines is 2. The first-order valence-corrected chi connectivity index (χ1v) is 9.69. The summed E-state index contributed by atoms with van der Waals surface area (Å²) < 4.78 is 45.8. The smallest absolute Gasteiger partial charge is 0.293 e. The molecule has 2 aromatic carbocycles. The molecule has 2 heterocycles. The fraction of sp³-hybridized carbons (Fsp3) is 0.105. The lowest BCUT2D eigenvalue weighted by atomic mass is 10.1. The maximum Gasteiger partial charge on any atom is 0.293 e. The summed E-state index contributed by atoms with van der Waals surface area (Å²) >= 11 is 0. The normalized spacial score (nSPS) is 13.4. The van der Waals surface area contributed by atoms with Crippen LogP contribution < -0.4 is 9.62 Å². The second-order valence-electron chi connectivity index (χ2n) is 6.09. The van der Waals surface area contributed by atoms with Gasteiger partial charge in [-0.15, -0.1) is 0 Å². The minimum atomic E-state index is -3.90. The molecule has 1 amide bonds. The summed E-state index contributed by atoms with van der Waals surface area (Å²) in [6.45, 7) is 0.481. The standard InChI is InChI=1S/C19H15FN2O4S/c20-14-3-1-4-16(12-14)27(24,25)21-15-6-7-17-13(11-15)8-9-22(17)19(23)18-5-2-10-26-18/h1-7,10-12,21H,8-9H2. The molecular formula is C19H15FN2O4S. The Morgan fingerprint density at radius 1 is 1.11 bits per heavy atom. The first-order chi connectivity index (χ1) is 12.9. The van der Waals surface area contributed by atoms with Crippen molar-refractivity contribution < 1.29 is 22.0 Å². The molecule has 1 aromatic heterocycles. The van der Waals surface area contributed by atoms with Gasteiger partial charge in [-0.05, 0) is 60.5 Å². The maximum absolute atomic E-state index is 13.3. The van der Waals surface area contributed by atoms with E-state index in [0.717, 1.165) is 11.6 Å². The lowest BCUT2D eigenvalue weighted by Crippen LogP contribution is -2.28. The van der Waals surface area contributed by atoms with Crippen LogP contribution in [0.4, 0.5) is 15.8 Å². The number of furan rings is 1. The number of amides is 1. The molecule has 138 valence electrons. The van der Waals surface area contributed by atoms with E-state index in [1.54, 1.807) is 35.2 Å². The van der Waals surface area contributed by atoms with Crippen molar-refractivity contribution in [2.24, 2.45) is 0 Å². The van der Waals surface area contributed by atoms with E-state index in [2.05, 4.69) is 4.72 Å². The first kappa shape index (κ1) is 17.3. The third-order valence-corrected chi connectivity index (χ3v) is 5.69. The molecule has 0 saturated heterocycles. The molecule has 1 aliphatic heterocycles. The second-order valence-corrected chi connectivity index (χ2v) is 7.77. The van der Waals surface area contributed by atoms with Crippen LogP contribution in [0.3, 0.4) is 0 Å². The third kappa shape index (κ3) is 3.31. The Morgan fingerprint density at radius 2 is 1.96 bits per heavy atom. The second kappa shape index (κ2) is 6.55. The average Bonchev–Trinajstić information content (AvgIpc) is 3.30. The summed E-state index contributed by atoms with van der Waals surface area (Å²) in [5, 5.41) is 0. The van der Waals surface area contributed by atoms with E-state index >= 15 is 0 Å². The molecular weight excluding hydrogens is 371 g/mol. The lowest BCUT2D eigenvalue weighted by molar-refractivity contribution is 0.0963. The zero-order valence-corrected chi connectivity index (χ0v) is 14.9. The Labute approximate surface area is 155 Å². The number of sulfonamides is 1. The Bertz CT molecular complexity index is 1110. The number of carbonyl (C=O) groups is 1. The van der Waals surface area contributed by atoms with Crippen LogP contribution in [0.25, 0.3) is 0 Å². The van der Waals surface area contributed by atoms with Crippen molar-refractivity contribution >= 4 is 27.3 Å². The average molecular weight is 386 g/mol. The molecule has 3 aromatic rings. The summed E-state index contributed by atoms with van der Waals surface area (Å²) in [4.78, 5) is 13.9. The first-order valence-electron chi connectivity index (χ1n) is 8.21.